The van der Waals surface area contributed by atoms with Crippen molar-refractivity contribution in [2.75, 3.05) is 51.7 Å². The lowest BCUT2D eigenvalue weighted by Crippen LogP contribution is -2.43. The number of unbranched alkanes of at least 4 members (excludes halogenated alkanes) is 1. The van der Waals surface area contributed by atoms with Gasteiger partial charge in [-0.3, -0.25) is 0 Å². The van der Waals surface area contributed by atoms with Crippen LogP contribution in [0.3, 0.4) is 0 Å². The summed E-state index contributed by atoms with van der Waals surface area (Å²) in [6, 6.07) is 8.96. The van der Waals surface area contributed by atoms with E-state index in [1.165, 1.54) is 50.1 Å². The van der Waals surface area contributed by atoms with Gasteiger partial charge in [-0.25, -0.2) is 0 Å². The van der Waals surface area contributed by atoms with E-state index in [4.69, 9.17) is 0 Å². The molecule has 1 fully saturated rings. The summed E-state index contributed by atoms with van der Waals surface area (Å²) < 4.78 is 0. The molecule has 1 heterocycles. The second kappa shape index (κ2) is 7.51. The maximum atomic E-state index is 3.40. The molecule has 1 aliphatic heterocycles. The molecule has 1 saturated heterocycles. The molecule has 0 spiro atoms. The van der Waals surface area contributed by atoms with Crippen molar-refractivity contribution < 1.29 is 0 Å². The highest BCUT2D eigenvalue weighted by Gasteiger charge is 2.08. The number of benzene rings is 1. The first kappa shape index (κ1) is 14.4. The third-order valence-corrected chi connectivity index (χ3v) is 3.85. The molecule has 0 saturated carbocycles. The highest BCUT2D eigenvalue weighted by atomic mass is 15.2. The van der Waals surface area contributed by atoms with Gasteiger partial charge in [0, 0.05) is 46.0 Å². The summed E-state index contributed by atoms with van der Waals surface area (Å²) >= 11 is 0. The molecule has 19 heavy (non-hydrogen) atoms. The summed E-state index contributed by atoms with van der Waals surface area (Å²) in [5.41, 5.74) is 2.75. The van der Waals surface area contributed by atoms with Crippen LogP contribution in [0.25, 0.3) is 0 Å². The van der Waals surface area contributed by atoms with E-state index in [1.807, 2.05) is 0 Å². The topological polar surface area (TPSA) is 18.5 Å². The van der Waals surface area contributed by atoms with Gasteiger partial charge in [-0.15, -0.1) is 0 Å². The predicted molar refractivity (Wildman–Crippen MR) is 83.0 cm³/mol. The van der Waals surface area contributed by atoms with E-state index in [0.29, 0.717) is 0 Å². The zero-order chi connectivity index (χ0) is 13.5. The zero-order valence-electron chi connectivity index (χ0n) is 12.4. The van der Waals surface area contributed by atoms with Crippen molar-refractivity contribution in [3.8, 4) is 0 Å². The molecule has 106 valence electrons. The minimum Gasteiger partial charge on any atom is -0.378 e. The van der Waals surface area contributed by atoms with Crippen LogP contribution >= 0.6 is 0 Å². The van der Waals surface area contributed by atoms with Crippen molar-refractivity contribution in [3.63, 3.8) is 0 Å². The van der Waals surface area contributed by atoms with E-state index >= 15 is 0 Å². The Balaban J connectivity index is 1.64. The van der Waals surface area contributed by atoms with Crippen LogP contribution in [-0.4, -0.2) is 51.7 Å². The fourth-order valence-corrected chi connectivity index (χ4v) is 2.56. The fraction of sp³-hybridized carbons (Fsp3) is 0.625. The normalized spacial score (nSPS) is 16.5. The largest absolute Gasteiger partial charge is 0.378 e. The summed E-state index contributed by atoms with van der Waals surface area (Å²) in [5, 5.41) is 3.40. The molecule has 0 bridgehead atoms. The van der Waals surface area contributed by atoms with Gasteiger partial charge in [0.15, 0.2) is 0 Å². The van der Waals surface area contributed by atoms with Crippen LogP contribution in [0.4, 0.5) is 5.69 Å². The Hall–Kier alpha value is -1.06. The number of piperazine rings is 1. The Kier molecular flexibility index (Phi) is 5.67. The number of nitrogens with zero attached hydrogens (tertiary/aromatic N) is 2. The second-order valence-electron chi connectivity index (χ2n) is 5.61. The third kappa shape index (κ3) is 4.84. The predicted octanol–water partition coefficient (Wildman–Crippen LogP) is 1.98. The molecule has 0 aromatic heterocycles. The van der Waals surface area contributed by atoms with Crippen LogP contribution in [0.2, 0.25) is 0 Å². The first-order valence-electron chi connectivity index (χ1n) is 7.45. The van der Waals surface area contributed by atoms with Gasteiger partial charge in [-0.1, -0.05) is 12.1 Å². The highest BCUT2D eigenvalue weighted by Crippen LogP contribution is 2.14. The Morgan fingerprint density at radius 2 is 1.74 bits per heavy atom. The quantitative estimate of drug-likeness (QED) is 0.790. The summed E-state index contributed by atoms with van der Waals surface area (Å²) in [6.07, 6.45) is 3.82. The van der Waals surface area contributed by atoms with Crippen molar-refractivity contribution in [2.45, 2.75) is 19.3 Å². The van der Waals surface area contributed by atoms with Gasteiger partial charge in [0.25, 0.3) is 0 Å². The number of rotatable bonds is 6. The third-order valence-electron chi connectivity index (χ3n) is 3.85. The number of hydrogen-bond donors (Lipinski definition) is 1. The molecule has 0 radical (unpaired) electrons. The number of hydrogen-bond acceptors (Lipinski definition) is 3. The van der Waals surface area contributed by atoms with E-state index in [0.717, 1.165) is 13.1 Å². The van der Waals surface area contributed by atoms with Crippen LogP contribution in [0, 0.1) is 0 Å². The molecule has 3 nitrogen and oxygen atoms in total. The minimum absolute atomic E-state index is 1.16. The Labute approximate surface area is 117 Å². The summed E-state index contributed by atoms with van der Waals surface area (Å²) in [7, 11) is 4.17. The fourth-order valence-electron chi connectivity index (χ4n) is 2.56. The molecule has 0 unspecified atom stereocenters. The van der Waals surface area contributed by atoms with Crippen molar-refractivity contribution in [2.24, 2.45) is 0 Å². The SMILES string of the molecule is CN(C)c1ccc(CCCCN2CCNCC2)cc1. The highest BCUT2D eigenvalue weighted by molar-refractivity contribution is 5.45. The molecule has 1 N–H and O–H groups in total. The van der Waals surface area contributed by atoms with Crippen molar-refractivity contribution in [3.05, 3.63) is 29.8 Å². The molecule has 1 aromatic carbocycles. The summed E-state index contributed by atoms with van der Waals surface area (Å²) in [5.74, 6) is 0. The Morgan fingerprint density at radius 3 is 2.37 bits per heavy atom. The van der Waals surface area contributed by atoms with E-state index in [1.54, 1.807) is 0 Å². The van der Waals surface area contributed by atoms with Gasteiger partial charge in [-0.05, 0) is 43.5 Å². The summed E-state index contributed by atoms with van der Waals surface area (Å²) in [6.45, 7) is 6.02. The number of nitrogens with one attached hydrogen (secondary N) is 1. The zero-order valence-corrected chi connectivity index (χ0v) is 12.4. The first-order chi connectivity index (χ1) is 9.25. The average molecular weight is 261 g/mol. The van der Waals surface area contributed by atoms with Gasteiger partial charge >= 0.3 is 0 Å². The average Bonchev–Trinajstić information content (AvgIpc) is 2.45. The van der Waals surface area contributed by atoms with E-state index in [-0.39, 0.29) is 0 Å². The first-order valence-corrected chi connectivity index (χ1v) is 7.45. The lowest BCUT2D eigenvalue weighted by atomic mass is 10.1. The maximum absolute atomic E-state index is 3.40. The van der Waals surface area contributed by atoms with Crippen LogP contribution in [0.15, 0.2) is 24.3 Å². The monoisotopic (exact) mass is 261 g/mol. The van der Waals surface area contributed by atoms with Crippen molar-refractivity contribution in [1.82, 2.24) is 10.2 Å². The standard InChI is InChI=1S/C16H27N3/c1-18(2)16-8-6-15(7-9-16)5-3-4-12-19-13-10-17-11-14-19/h6-9,17H,3-5,10-14H2,1-2H3. The molecule has 3 heteroatoms. The Morgan fingerprint density at radius 1 is 1.05 bits per heavy atom. The molecule has 2 rings (SSSR count). The van der Waals surface area contributed by atoms with Gasteiger partial charge in [0.2, 0.25) is 0 Å². The van der Waals surface area contributed by atoms with Gasteiger partial charge in [-0.2, -0.15) is 0 Å². The molecular weight excluding hydrogens is 234 g/mol. The molecule has 1 aromatic rings. The van der Waals surface area contributed by atoms with E-state index in [9.17, 15) is 0 Å². The lowest BCUT2D eigenvalue weighted by Gasteiger charge is -2.27. The molecule has 1 aliphatic rings. The number of aryl methyl sites for hydroxylation is 1. The van der Waals surface area contributed by atoms with Crippen molar-refractivity contribution >= 4 is 5.69 Å². The maximum Gasteiger partial charge on any atom is 0.0361 e. The molecule has 0 amide bonds. The molecular formula is C16H27N3. The van der Waals surface area contributed by atoms with E-state index in [2.05, 4.69) is 53.5 Å². The summed E-state index contributed by atoms with van der Waals surface area (Å²) in [4.78, 5) is 4.72. The van der Waals surface area contributed by atoms with Gasteiger partial charge in [0.1, 0.15) is 0 Å². The Bertz CT molecular complexity index is 353. The van der Waals surface area contributed by atoms with Crippen LogP contribution < -0.4 is 10.2 Å². The molecule has 0 atom stereocenters. The van der Waals surface area contributed by atoms with Crippen molar-refractivity contribution in [1.29, 1.82) is 0 Å². The second-order valence-corrected chi connectivity index (χ2v) is 5.61. The number of anilines is 1. The van der Waals surface area contributed by atoms with Crippen LogP contribution in [0.5, 0.6) is 0 Å². The minimum atomic E-state index is 1.16. The smallest absolute Gasteiger partial charge is 0.0361 e. The molecule has 0 aliphatic carbocycles. The van der Waals surface area contributed by atoms with Crippen LogP contribution in [0.1, 0.15) is 18.4 Å². The van der Waals surface area contributed by atoms with E-state index < -0.39 is 0 Å². The van der Waals surface area contributed by atoms with Crippen LogP contribution in [-0.2, 0) is 6.42 Å². The van der Waals surface area contributed by atoms with Gasteiger partial charge < -0.3 is 15.1 Å². The van der Waals surface area contributed by atoms with Gasteiger partial charge in [0.05, 0.1) is 0 Å². The lowest BCUT2D eigenvalue weighted by molar-refractivity contribution is 0.237.